The fraction of sp³-hybridized carbons (Fsp3) is 0.261. The SMILES string of the molecule is C=Cc1cccc(C#N)c1CC1C(=O)NC(C)(Cc2ccc(F)cc2)C(=O)N1C. The van der Waals surface area contributed by atoms with Crippen LogP contribution in [0.5, 0.6) is 0 Å². The Balaban J connectivity index is 1.87. The van der Waals surface area contributed by atoms with Gasteiger partial charge in [-0.1, -0.05) is 36.9 Å². The van der Waals surface area contributed by atoms with Gasteiger partial charge in [0.05, 0.1) is 11.6 Å². The summed E-state index contributed by atoms with van der Waals surface area (Å²) in [5.74, 6) is -0.884. The molecule has 0 aliphatic carbocycles. The zero-order valence-corrected chi connectivity index (χ0v) is 16.4. The maximum atomic E-state index is 13.2. The van der Waals surface area contributed by atoms with Gasteiger partial charge < -0.3 is 10.2 Å². The molecule has 29 heavy (non-hydrogen) atoms. The van der Waals surface area contributed by atoms with Gasteiger partial charge in [0.15, 0.2) is 0 Å². The summed E-state index contributed by atoms with van der Waals surface area (Å²) >= 11 is 0. The zero-order chi connectivity index (χ0) is 21.2. The second-order valence-electron chi connectivity index (χ2n) is 7.45. The Hall–Kier alpha value is -3.46. The van der Waals surface area contributed by atoms with Crippen LogP contribution >= 0.6 is 0 Å². The van der Waals surface area contributed by atoms with Crippen molar-refractivity contribution in [3.8, 4) is 6.07 Å². The van der Waals surface area contributed by atoms with E-state index in [9.17, 15) is 19.2 Å². The first-order valence-corrected chi connectivity index (χ1v) is 9.27. The van der Waals surface area contributed by atoms with Crippen molar-refractivity contribution in [2.24, 2.45) is 0 Å². The first kappa shape index (κ1) is 20.3. The predicted octanol–water partition coefficient (Wildman–Crippen LogP) is 2.84. The number of hydrogen-bond acceptors (Lipinski definition) is 3. The Morgan fingerprint density at radius 2 is 1.97 bits per heavy atom. The van der Waals surface area contributed by atoms with Crippen LogP contribution in [0.2, 0.25) is 0 Å². The number of rotatable bonds is 5. The summed E-state index contributed by atoms with van der Waals surface area (Å²) in [7, 11) is 1.59. The largest absolute Gasteiger partial charge is 0.340 e. The monoisotopic (exact) mass is 391 g/mol. The predicted molar refractivity (Wildman–Crippen MR) is 108 cm³/mol. The molecule has 2 aromatic carbocycles. The highest BCUT2D eigenvalue weighted by Crippen LogP contribution is 2.26. The fourth-order valence-corrected chi connectivity index (χ4v) is 3.80. The number of hydrogen-bond donors (Lipinski definition) is 1. The van der Waals surface area contributed by atoms with E-state index in [4.69, 9.17) is 0 Å². The average Bonchev–Trinajstić information content (AvgIpc) is 2.71. The van der Waals surface area contributed by atoms with E-state index in [1.165, 1.54) is 17.0 Å². The van der Waals surface area contributed by atoms with E-state index >= 15 is 0 Å². The van der Waals surface area contributed by atoms with Crippen LogP contribution in [0.3, 0.4) is 0 Å². The van der Waals surface area contributed by atoms with Gasteiger partial charge in [-0.25, -0.2) is 4.39 Å². The number of amides is 2. The number of nitrogens with one attached hydrogen (secondary N) is 1. The maximum absolute atomic E-state index is 13.2. The van der Waals surface area contributed by atoms with Gasteiger partial charge in [0.25, 0.3) is 0 Å². The van der Waals surface area contributed by atoms with E-state index in [0.29, 0.717) is 11.1 Å². The summed E-state index contributed by atoms with van der Waals surface area (Å²) in [5, 5.41) is 12.3. The third-order valence-corrected chi connectivity index (χ3v) is 5.38. The number of likely N-dealkylation sites (N-methyl/N-ethyl adjacent to an activating group) is 1. The number of nitriles is 1. The van der Waals surface area contributed by atoms with Gasteiger partial charge in [-0.05, 0) is 41.8 Å². The quantitative estimate of drug-likeness (QED) is 0.852. The summed E-state index contributed by atoms with van der Waals surface area (Å²) in [4.78, 5) is 27.5. The molecule has 5 nitrogen and oxygen atoms in total. The van der Waals surface area contributed by atoms with Gasteiger partial charge in [-0.15, -0.1) is 0 Å². The van der Waals surface area contributed by atoms with E-state index in [0.717, 1.165) is 11.1 Å². The number of carbonyl (C=O) groups is 2. The smallest absolute Gasteiger partial charge is 0.248 e. The van der Waals surface area contributed by atoms with Crippen LogP contribution in [0.15, 0.2) is 49.0 Å². The molecule has 2 amide bonds. The average molecular weight is 391 g/mol. The molecule has 0 saturated carbocycles. The van der Waals surface area contributed by atoms with Crippen molar-refractivity contribution in [1.29, 1.82) is 5.26 Å². The number of benzene rings is 2. The Morgan fingerprint density at radius 1 is 1.28 bits per heavy atom. The Labute approximate surface area is 169 Å². The van der Waals surface area contributed by atoms with Gasteiger partial charge in [-0.2, -0.15) is 5.26 Å². The van der Waals surface area contributed by atoms with Crippen molar-refractivity contribution in [3.05, 3.63) is 77.1 Å². The molecule has 1 aliphatic heterocycles. The Kier molecular flexibility index (Phi) is 5.51. The van der Waals surface area contributed by atoms with Crippen LogP contribution in [0.25, 0.3) is 6.08 Å². The molecule has 2 atom stereocenters. The highest BCUT2D eigenvalue weighted by Gasteiger charge is 2.46. The summed E-state index contributed by atoms with van der Waals surface area (Å²) in [6.07, 6.45) is 2.10. The van der Waals surface area contributed by atoms with Crippen LogP contribution in [0.4, 0.5) is 4.39 Å². The van der Waals surface area contributed by atoms with E-state index < -0.39 is 11.6 Å². The van der Waals surface area contributed by atoms with Crippen molar-refractivity contribution in [1.82, 2.24) is 10.2 Å². The number of nitrogens with zero attached hydrogens (tertiary/aromatic N) is 2. The minimum absolute atomic E-state index is 0.214. The van der Waals surface area contributed by atoms with Gasteiger partial charge >= 0.3 is 0 Å². The van der Waals surface area contributed by atoms with E-state index in [2.05, 4.69) is 18.0 Å². The molecule has 1 saturated heterocycles. The van der Waals surface area contributed by atoms with Crippen molar-refractivity contribution >= 4 is 17.9 Å². The van der Waals surface area contributed by atoms with Crippen LogP contribution in [-0.2, 0) is 22.4 Å². The molecule has 1 heterocycles. The van der Waals surface area contributed by atoms with E-state index in [-0.39, 0.29) is 30.5 Å². The second-order valence-corrected chi connectivity index (χ2v) is 7.45. The van der Waals surface area contributed by atoms with Crippen molar-refractivity contribution in [2.75, 3.05) is 7.05 Å². The standard InChI is InChI=1S/C23H22FN3O2/c1-4-16-6-5-7-17(14-25)19(16)12-20-21(28)26-23(2,22(29)27(20)3)13-15-8-10-18(24)11-9-15/h4-11,20H,1,12-13H2,2-3H3,(H,26,28). The summed E-state index contributed by atoms with van der Waals surface area (Å²) in [5.41, 5.74) is 1.52. The van der Waals surface area contributed by atoms with Gasteiger partial charge in [-0.3, -0.25) is 9.59 Å². The minimum atomic E-state index is -1.13. The molecule has 0 bridgehead atoms. The highest BCUT2D eigenvalue weighted by atomic mass is 19.1. The van der Waals surface area contributed by atoms with Crippen LogP contribution in [-0.4, -0.2) is 35.3 Å². The minimum Gasteiger partial charge on any atom is -0.340 e. The van der Waals surface area contributed by atoms with Crippen LogP contribution in [0.1, 0.15) is 29.2 Å². The third-order valence-electron chi connectivity index (χ3n) is 5.38. The van der Waals surface area contributed by atoms with Gasteiger partial charge in [0, 0.05) is 19.9 Å². The Bertz CT molecular complexity index is 1010. The third kappa shape index (κ3) is 3.90. The molecule has 3 rings (SSSR count). The van der Waals surface area contributed by atoms with Crippen molar-refractivity contribution in [2.45, 2.75) is 31.3 Å². The molecule has 148 valence electrons. The molecular weight excluding hydrogens is 369 g/mol. The number of piperazine rings is 1. The molecule has 1 aliphatic rings. The summed E-state index contributed by atoms with van der Waals surface area (Å²) in [6, 6.07) is 12.5. The molecule has 6 heteroatoms. The second kappa shape index (κ2) is 7.88. The first-order valence-electron chi connectivity index (χ1n) is 9.27. The molecule has 2 aromatic rings. The van der Waals surface area contributed by atoms with Crippen molar-refractivity contribution < 1.29 is 14.0 Å². The molecular formula is C23H22FN3O2. The van der Waals surface area contributed by atoms with Crippen molar-refractivity contribution in [3.63, 3.8) is 0 Å². The normalized spacial score (nSPS) is 21.4. The zero-order valence-electron chi connectivity index (χ0n) is 16.4. The molecule has 0 spiro atoms. The first-order chi connectivity index (χ1) is 13.8. The molecule has 2 unspecified atom stereocenters. The fourth-order valence-electron chi connectivity index (χ4n) is 3.80. The van der Waals surface area contributed by atoms with E-state index in [1.807, 2.05) is 6.07 Å². The number of halogens is 1. The van der Waals surface area contributed by atoms with Gasteiger partial charge in [0.1, 0.15) is 17.4 Å². The topological polar surface area (TPSA) is 73.2 Å². The lowest BCUT2D eigenvalue weighted by Crippen LogP contribution is -2.69. The van der Waals surface area contributed by atoms with Gasteiger partial charge in [0.2, 0.25) is 11.8 Å². The maximum Gasteiger partial charge on any atom is 0.248 e. The Morgan fingerprint density at radius 3 is 2.59 bits per heavy atom. The lowest BCUT2D eigenvalue weighted by Gasteiger charge is -2.43. The van der Waals surface area contributed by atoms with Crippen LogP contribution < -0.4 is 5.32 Å². The molecule has 1 N–H and O–H groups in total. The lowest BCUT2D eigenvalue weighted by atomic mass is 9.86. The highest BCUT2D eigenvalue weighted by molar-refractivity contribution is 5.99. The summed E-state index contributed by atoms with van der Waals surface area (Å²) in [6.45, 7) is 5.44. The lowest BCUT2D eigenvalue weighted by molar-refractivity contribution is -0.152. The van der Waals surface area contributed by atoms with E-state index in [1.54, 1.807) is 44.3 Å². The van der Waals surface area contributed by atoms with Crippen LogP contribution in [0, 0.1) is 17.1 Å². The molecule has 0 aromatic heterocycles. The molecule has 1 fully saturated rings. The molecule has 0 radical (unpaired) electrons. The number of carbonyl (C=O) groups excluding carboxylic acids is 2. The summed E-state index contributed by atoms with van der Waals surface area (Å²) < 4.78 is 13.2.